The number of benzene rings is 2. The molecular formula is C25H27ClN6O2. The Balaban J connectivity index is 0.00000324. The summed E-state index contributed by atoms with van der Waals surface area (Å²) in [5.41, 5.74) is 11.7. The normalized spacial score (nSPS) is 10.6. The minimum atomic E-state index is -0.983. The summed E-state index contributed by atoms with van der Waals surface area (Å²) in [6, 6.07) is 17.1. The number of aryl methyl sites for hydroxylation is 3. The molecule has 0 spiro atoms. The highest BCUT2D eigenvalue weighted by Crippen LogP contribution is 2.18. The van der Waals surface area contributed by atoms with Gasteiger partial charge in [-0.25, -0.2) is 9.78 Å². The number of H-pyrrole nitrogens is 1. The van der Waals surface area contributed by atoms with Crippen LogP contribution in [0.25, 0.3) is 11.0 Å². The number of nitrogens with one attached hydrogen (secondary N) is 2. The molecule has 0 radical (unpaired) electrons. The molecule has 1 amide bonds. The molecule has 2 aromatic heterocycles. The van der Waals surface area contributed by atoms with E-state index in [0.717, 1.165) is 45.7 Å². The molecule has 9 heteroatoms. The molecule has 2 aromatic carbocycles. The van der Waals surface area contributed by atoms with Crippen molar-refractivity contribution in [2.75, 3.05) is 0 Å². The molecule has 0 aliphatic heterocycles. The van der Waals surface area contributed by atoms with Crippen LogP contribution >= 0.6 is 12.4 Å². The molecule has 0 saturated carbocycles. The third-order valence-electron chi connectivity index (χ3n) is 5.57. The van der Waals surface area contributed by atoms with Gasteiger partial charge in [0.2, 0.25) is 0 Å². The zero-order chi connectivity index (χ0) is 23.4. The fraction of sp³-hybridized carbons (Fsp3) is 0.200. The van der Waals surface area contributed by atoms with E-state index in [2.05, 4.69) is 15.0 Å². The van der Waals surface area contributed by atoms with Crippen LogP contribution in [0.2, 0.25) is 0 Å². The zero-order valence-electron chi connectivity index (χ0n) is 18.8. The van der Waals surface area contributed by atoms with Crippen molar-refractivity contribution in [2.24, 2.45) is 5.73 Å². The summed E-state index contributed by atoms with van der Waals surface area (Å²) in [5, 5.41) is 17.3. The van der Waals surface area contributed by atoms with E-state index < -0.39 is 6.09 Å². The summed E-state index contributed by atoms with van der Waals surface area (Å²) < 4.78 is 0. The van der Waals surface area contributed by atoms with Crippen LogP contribution in [0.1, 0.15) is 33.8 Å². The summed E-state index contributed by atoms with van der Waals surface area (Å²) in [7, 11) is 0. The first-order chi connectivity index (χ1) is 15.9. The van der Waals surface area contributed by atoms with Crippen molar-refractivity contribution < 1.29 is 9.90 Å². The number of carbonyl (C=O) groups is 1. The molecule has 176 valence electrons. The maximum Gasteiger partial charge on any atom is 0.407 e. The molecule has 0 saturated heterocycles. The highest BCUT2D eigenvalue weighted by atomic mass is 35.5. The first kappa shape index (κ1) is 24.7. The van der Waals surface area contributed by atoms with Gasteiger partial charge in [-0.1, -0.05) is 36.4 Å². The summed E-state index contributed by atoms with van der Waals surface area (Å²) in [6.45, 7) is 2.41. The van der Waals surface area contributed by atoms with Crippen LogP contribution in [0, 0.1) is 12.3 Å². The minimum Gasteiger partial charge on any atom is -0.465 e. The number of aromatic amines is 1. The first-order valence-electron chi connectivity index (χ1n) is 10.7. The number of aromatic nitrogens is 3. The monoisotopic (exact) mass is 478 g/mol. The number of nitrogen functional groups attached to an aromatic ring is 1. The van der Waals surface area contributed by atoms with Crippen molar-refractivity contribution in [3.8, 4) is 0 Å². The predicted molar refractivity (Wildman–Crippen MR) is 134 cm³/mol. The number of halogens is 1. The Morgan fingerprint density at radius 3 is 2.53 bits per heavy atom. The SMILES string of the molecule is Cc1nc2cc(CN(Cc3cccnc3CCc3ccc(C(=N)N)cc3)C(=O)O)ccc2[nH]1.Cl. The van der Waals surface area contributed by atoms with E-state index >= 15 is 0 Å². The van der Waals surface area contributed by atoms with Gasteiger partial charge in [0, 0.05) is 24.0 Å². The summed E-state index contributed by atoms with van der Waals surface area (Å²) in [6.07, 6.45) is 2.19. The molecular weight excluding hydrogens is 452 g/mol. The molecule has 0 unspecified atom stereocenters. The maximum atomic E-state index is 12.0. The number of pyridine rings is 1. The number of fused-ring (bicyclic) bond motifs is 1. The summed E-state index contributed by atoms with van der Waals surface area (Å²) >= 11 is 0. The number of rotatable bonds is 8. The van der Waals surface area contributed by atoms with Gasteiger partial charge in [-0.15, -0.1) is 12.4 Å². The minimum absolute atomic E-state index is 0. The van der Waals surface area contributed by atoms with Gasteiger partial charge in [0.1, 0.15) is 11.7 Å². The third-order valence-corrected chi connectivity index (χ3v) is 5.57. The second-order valence-corrected chi connectivity index (χ2v) is 8.03. The van der Waals surface area contributed by atoms with Gasteiger partial charge < -0.3 is 15.8 Å². The van der Waals surface area contributed by atoms with Crippen molar-refractivity contribution in [3.63, 3.8) is 0 Å². The Morgan fingerprint density at radius 2 is 1.82 bits per heavy atom. The number of nitrogens with zero attached hydrogens (tertiary/aromatic N) is 3. The molecule has 34 heavy (non-hydrogen) atoms. The number of amides is 1. The molecule has 8 nitrogen and oxygen atoms in total. The Labute approximate surface area is 203 Å². The molecule has 4 rings (SSSR count). The second-order valence-electron chi connectivity index (χ2n) is 8.03. The first-order valence-corrected chi connectivity index (χ1v) is 10.7. The van der Waals surface area contributed by atoms with E-state index in [4.69, 9.17) is 11.1 Å². The lowest BCUT2D eigenvalue weighted by atomic mass is 10.0. The highest BCUT2D eigenvalue weighted by molar-refractivity contribution is 5.94. The predicted octanol–water partition coefficient (Wildman–Crippen LogP) is 4.44. The maximum absolute atomic E-state index is 12.0. The van der Waals surface area contributed by atoms with Crippen LogP contribution in [0.5, 0.6) is 0 Å². The Kier molecular flexibility index (Phi) is 7.86. The molecule has 0 bridgehead atoms. The van der Waals surface area contributed by atoms with Crippen LogP contribution in [0.4, 0.5) is 4.79 Å². The molecule has 0 fully saturated rings. The van der Waals surface area contributed by atoms with Crippen molar-refractivity contribution in [3.05, 3.63) is 94.6 Å². The van der Waals surface area contributed by atoms with Crippen LogP contribution in [0.15, 0.2) is 60.8 Å². The third kappa shape index (κ3) is 5.90. The standard InChI is InChI=1S/C25H26N6O2.ClH/c1-16-29-22-11-7-18(13-23(22)30-16)14-31(25(32)33)15-20-3-2-12-28-21(20)10-6-17-4-8-19(9-5-17)24(26)27;/h2-5,7-9,11-13H,6,10,14-15H2,1H3,(H3,26,27)(H,29,30)(H,32,33);1H. The highest BCUT2D eigenvalue weighted by Gasteiger charge is 2.16. The van der Waals surface area contributed by atoms with Crippen LogP contribution in [-0.2, 0) is 25.9 Å². The van der Waals surface area contributed by atoms with E-state index in [0.29, 0.717) is 12.0 Å². The van der Waals surface area contributed by atoms with Crippen LogP contribution in [0.3, 0.4) is 0 Å². The van der Waals surface area contributed by atoms with E-state index in [1.807, 2.05) is 61.5 Å². The zero-order valence-corrected chi connectivity index (χ0v) is 19.6. The van der Waals surface area contributed by atoms with Gasteiger partial charge in [-0.05, 0) is 54.7 Å². The fourth-order valence-electron chi connectivity index (χ4n) is 3.85. The number of amidine groups is 1. The van der Waals surface area contributed by atoms with Gasteiger partial charge in [0.15, 0.2) is 0 Å². The van der Waals surface area contributed by atoms with Gasteiger partial charge in [0.25, 0.3) is 0 Å². The number of nitrogens with two attached hydrogens (primary N) is 1. The fourth-order valence-corrected chi connectivity index (χ4v) is 3.85. The quantitative estimate of drug-likeness (QED) is 0.219. The molecule has 0 atom stereocenters. The van der Waals surface area contributed by atoms with E-state index in [9.17, 15) is 9.90 Å². The number of hydrogen-bond donors (Lipinski definition) is 4. The summed E-state index contributed by atoms with van der Waals surface area (Å²) in [5.74, 6) is 0.872. The molecule has 0 aliphatic carbocycles. The van der Waals surface area contributed by atoms with Gasteiger partial charge in [-0.2, -0.15) is 0 Å². The molecule has 2 heterocycles. The average Bonchev–Trinajstić information content (AvgIpc) is 3.17. The van der Waals surface area contributed by atoms with E-state index in [-0.39, 0.29) is 31.3 Å². The van der Waals surface area contributed by atoms with Crippen LogP contribution in [-0.4, -0.2) is 36.9 Å². The van der Waals surface area contributed by atoms with Gasteiger partial charge >= 0.3 is 6.09 Å². The smallest absolute Gasteiger partial charge is 0.407 e. The van der Waals surface area contributed by atoms with Crippen molar-refractivity contribution in [1.29, 1.82) is 5.41 Å². The van der Waals surface area contributed by atoms with E-state index in [1.165, 1.54) is 4.90 Å². The largest absolute Gasteiger partial charge is 0.465 e. The lowest BCUT2D eigenvalue weighted by Crippen LogP contribution is -2.29. The lowest BCUT2D eigenvalue weighted by molar-refractivity contribution is 0.139. The van der Waals surface area contributed by atoms with Crippen LogP contribution < -0.4 is 5.73 Å². The Bertz CT molecular complexity index is 1300. The lowest BCUT2D eigenvalue weighted by Gasteiger charge is -2.21. The van der Waals surface area contributed by atoms with Gasteiger partial charge in [-0.3, -0.25) is 15.3 Å². The molecule has 4 aromatic rings. The molecule has 5 N–H and O–H groups in total. The Hall–Kier alpha value is -3.91. The Morgan fingerprint density at radius 1 is 1.09 bits per heavy atom. The second kappa shape index (κ2) is 10.8. The topological polar surface area (TPSA) is 132 Å². The van der Waals surface area contributed by atoms with Crippen molar-refractivity contribution in [2.45, 2.75) is 32.9 Å². The molecule has 0 aliphatic rings. The van der Waals surface area contributed by atoms with Crippen molar-refractivity contribution >= 4 is 35.4 Å². The average molecular weight is 479 g/mol. The van der Waals surface area contributed by atoms with Crippen molar-refractivity contribution in [1.82, 2.24) is 19.9 Å². The number of imidazole rings is 1. The number of hydrogen-bond acceptors (Lipinski definition) is 4. The van der Waals surface area contributed by atoms with E-state index in [1.54, 1.807) is 6.20 Å². The summed E-state index contributed by atoms with van der Waals surface area (Å²) in [4.78, 5) is 25.5. The van der Waals surface area contributed by atoms with Gasteiger partial charge in [0.05, 0.1) is 17.6 Å². The number of carboxylic acid groups (broad SMARTS) is 1.